The summed E-state index contributed by atoms with van der Waals surface area (Å²) < 4.78 is 11.3. The summed E-state index contributed by atoms with van der Waals surface area (Å²) in [6, 6.07) is -0.854. The van der Waals surface area contributed by atoms with Crippen LogP contribution in [0.1, 0.15) is 232 Å². The summed E-state index contributed by atoms with van der Waals surface area (Å²) in [5, 5.41) is 54.6. The van der Waals surface area contributed by atoms with Crippen LogP contribution in [0.15, 0.2) is 134 Å². The van der Waals surface area contributed by atoms with Crippen molar-refractivity contribution in [2.24, 2.45) is 0 Å². The number of allylic oxidation sites excluding steroid dienone is 21. The number of ether oxygens (including phenoxy) is 2. The molecule has 1 amide bonds. The minimum Gasteiger partial charge on any atom is -0.394 e. The van der Waals surface area contributed by atoms with E-state index < -0.39 is 49.5 Å². The summed E-state index contributed by atoms with van der Waals surface area (Å²) in [5.41, 5.74) is 0. The topological polar surface area (TPSA) is 149 Å². The number of aliphatic hydroxyl groups is 5. The van der Waals surface area contributed by atoms with Crippen molar-refractivity contribution < 1.29 is 39.8 Å². The predicted octanol–water partition coefficient (Wildman–Crippen LogP) is 16.1. The molecule has 0 aromatic rings. The molecule has 9 heteroatoms. The zero-order valence-electron chi connectivity index (χ0n) is 48.7. The van der Waals surface area contributed by atoms with Crippen molar-refractivity contribution in [2.75, 3.05) is 13.2 Å². The molecule has 1 aliphatic rings. The molecule has 1 fully saturated rings. The van der Waals surface area contributed by atoms with Gasteiger partial charge in [0.2, 0.25) is 5.91 Å². The van der Waals surface area contributed by atoms with E-state index in [9.17, 15) is 30.3 Å². The summed E-state index contributed by atoms with van der Waals surface area (Å²) in [5.74, 6) is -0.220. The number of unbranched alkanes of at least 4 members (excludes halogenated alkanes) is 21. The van der Waals surface area contributed by atoms with Crippen molar-refractivity contribution in [3.05, 3.63) is 134 Å². The van der Waals surface area contributed by atoms with Crippen molar-refractivity contribution in [3.63, 3.8) is 0 Å². The molecule has 1 rings (SSSR count). The average molecular weight is 1070 g/mol. The molecule has 7 unspecified atom stereocenters. The lowest BCUT2D eigenvalue weighted by Gasteiger charge is -2.40. The highest BCUT2D eigenvalue weighted by Gasteiger charge is 2.44. The van der Waals surface area contributed by atoms with Crippen molar-refractivity contribution >= 4 is 5.91 Å². The highest BCUT2D eigenvalue weighted by molar-refractivity contribution is 5.76. The van der Waals surface area contributed by atoms with Crippen LogP contribution in [-0.2, 0) is 14.3 Å². The fourth-order valence-electron chi connectivity index (χ4n) is 8.85. The molecule has 0 aromatic carbocycles. The number of amides is 1. The van der Waals surface area contributed by atoms with Gasteiger partial charge in [-0.15, -0.1) is 0 Å². The lowest BCUT2D eigenvalue weighted by molar-refractivity contribution is -0.302. The Morgan fingerprint density at radius 3 is 1.25 bits per heavy atom. The minimum absolute atomic E-state index is 0.220. The zero-order valence-corrected chi connectivity index (χ0v) is 48.7. The summed E-state index contributed by atoms with van der Waals surface area (Å²) in [7, 11) is 0. The molecule has 7 atom stereocenters. The Labute approximate surface area is 471 Å². The monoisotopic (exact) mass is 1070 g/mol. The first-order valence-electron chi connectivity index (χ1n) is 30.9. The molecule has 438 valence electrons. The third-order valence-electron chi connectivity index (χ3n) is 13.7. The summed E-state index contributed by atoms with van der Waals surface area (Å²) in [6.07, 6.45) is 78.1. The first-order chi connectivity index (χ1) is 37.8. The Bertz CT molecular complexity index is 1670. The molecular formula is C68H113NO8. The number of carbonyl (C=O) groups excluding carboxylic acids is 1. The van der Waals surface area contributed by atoms with Gasteiger partial charge in [0.15, 0.2) is 6.29 Å². The van der Waals surface area contributed by atoms with Gasteiger partial charge in [-0.1, -0.05) is 250 Å². The van der Waals surface area contributed by atoms with Crippen molar-refractivity contribution in [2.45, 2.75) is 275 Å². The van der Waals surface area contributed by atoms with E-state index in [1.165, 1.54) is 96.3 Å². The number of carbonyl (C=O) groups is 1. The second kappa shape index (κ2) is 55.6. The van der Waals surface area contributed by atoms with E-state index in [1.807, 2.05) is 6.08 Å². The van der Waals surface area contributed by atoms with Gasteiger partial charge >= 0.3 is 0 Å². The second-order valence-electron chi connectivity index (χ2n) is 20.7. The smallest absolute Gasteiger partial charge is 0.220 e. The molecule has 0 saturated carbocycles. The summed E-state index contributed by atoms with van der Waals surface area (Å²) >= 11 is 0. The molecule has 9 nitrogen and oxygen atoms in total. The maximum atomic E-state index is 13.1. The number of nitrogens with one attached hydrogen (secondary N) is 1. The number of hydrogen-bond donors (Lipinski definition) is 6. The van der Waals surface area contributed by atoms with Crippen LogP contribution >= 0.6 is 0 Å². The number of hydrogen-bond acceptors (Lipinski definition) is 8. The first-order valence-corrected chi connectivity index (χ1v) is 30.9. The fraction of sp³-hybridized carbons (Fsp3) is 0.662. The number of rotatable bonds is 51. The molecule has 77 heavy (non-hydrogen) atoms. The van der Waals surface area contributed by atoms with Crippen LogP contribution in [0.4, 0.5) is 0 Å². The molecule has 1 heterocycles. The Morgan fingerprint density at radius 2 is 0.818 bits per heavy atom. The van der Waals surface area contributed by atoms with Gasteiger partial charge in [-0.05, 0) is 109 Å². The lowest BCUT2D eigenvalue weighted by Crippen LogP contribution is -2.60. The SMILES string of the molecule is CC/C=C\C/C=C\C/C=C\C/C=C\C/C=C\C/C=C\C/C=C\C/C=C\CCCCCCC(=O)NC(COC1OC(CO)C(O)C(O)C1O)C(O)/C=C/CC/C=C/CC/C=C/CCCCCCCCCCCCCCCCC. The van der Waals surface area contributed by atoms with Crippen molar-refractivity contribution in [1.82, 2.24) is 5.32 Å². The van der Waals surface area contributed by atoms with Crippen LogP contribution < -0.4 is 5.32 Å². The highest BCUT2D eigenvalue weighted by atomic mass is 16.7. The molecule has 0 bridgehead atoms. The lowest BCUT2D eigenvalue weighted by atomic mass is 9.99. The van der Waals surface area contributed by atoms with Gasteiger partial charge in [0, 0.05) is 6.42 Å². The van der Waals surface area contributed by atoms with Crippen molar-refractivity contribution in [1.29, 1.82) is 0 Å². The first kappa shape index (κ1) is 71.3. The van der Waals surface area contributed by atoms with Gasteiger partial charge in [0.1, 0.15) is 24.4 Å². The molecule has 0 radical (unpaired) electrons. The zero-order chi connectivity index (χ0) is 55.8. The largest absolute Gasteiger partial charge is 0.394 e. The third-order valence-corrected chi connectivity index (χ3v) is 13.7. The van der Waals surface area contributed by atoms with Gasteiger partial charge < -0.3 is 40.3 Å². The van der Waals surface area contributed by atoms with E-state index in [0.717, 1.165) is 103 Å². The van der Waals surface area contributed by atoms with Crippen LogP contribution in [0.3, 0.4) is 0 Å². The molecule has 6 N–H and O–H groups in total. The van der Waals surface area contributed by atoms with Crippen LogP contribution in [0.2, 0.25) is 0 Å². The summed E-state index contributed by atoms with van der Waals surface area (Å²) in [6.45, 7) is 3.63. The van der Waals surface area contributed by atoms with Crippen molar-refractivity contribution in [3.8, 4) is 0 Å². The van der Waals surface area contributed by atoms with Crippen LogP contribution in [-0.4, -0.2) is 87.5 Å². The number of aliphatic hydroxyl groups excluding tert-OH is 5. The van der Waals surface area contributed by atoms with Crippen LogP contribution in [0.25, 0.3) is 0 Å². The molecule has 0 spiro atoms. The minimum atomic E-state index is -1.59. The second-order valence-corrected chi connectivity index (χ2v) is 20.7. The molecule has 0 aromatic heterocycles. The van der Waals surface area contributed by atoms with E-state index in [1.54, 1.807) is 6.08 Å². The molecule has 1 saturated heterocycles. The average Bonchev–Trinajstić information content (AvgIpc) is 3.43. The predicted molar refractivity (Wildman–Crippen MR) is 327 cm³/mol. The van der Waals surface area contributed by atoms with Gasteiger partial charge in [-0.3, -0.25) is 4.79 Å². The Kier molecular flexibility index (Phi) is 51.5. The Hall–Kier alpha value is -3.67. The highest BCUT2D eigenvalue weighted by Crippen LogP contribution is 2.23. The van der Waals surface area contributed by atoms with Crippen LogP contribution in [0, 0.1) is 0 Å². The quantitative estimate of drug-likeness (QED) is 0.0261. The van der Waals surface area contributed by atoms with E-state index in [-0.39, 0.29) is 12.5 Å². The van der Waals surface area contributed by atoms with E-state index in [0.29, 0.717) is 19.3 Å². The molecule has 0 aliphatic carbocycles. The fourth-order valence-corrected chi connectivity index (χ4v) is 8.85. The summed E-state index contributed by atoms with van der Waals surface area (Å²) in [4.78, 5) is 13.1. The molecular weight excluding hydrogens is 959 g/mol. The Balaban J connectivity index is 2.29. The van der Waals surface area contributed by atoms with E-state index in [4.69, 9.17) is 9.47 Å². The van der Waals surface area contributed by atoms with Gasteiger partial charge in [0.25, 0.3) is 0 Å². The third kappa shape index (κ3) is 44.8. The van der Waals surface area contributed by atoms with Gasteiger partial charge in [-0.2, -0.15) is 0 Å². The van der Waals surface area contributed by atoms with Gasteiger partial charge in [-0.25, -0.2) is 0 Å². The maximum Gasteiger partial charge on any atom is 0.220 e. The maximum absolute atomic E-state index is 13.1. The van der Waals surface area contributed by atoms with E-state index >= 15 is 0 Å². The standard InChI is InChI=1S/C68H113NO8/c1-3-5-7-9-11-13-15-17-19-21-23-25-27-29-30-31-32-34-36-38-40-42-44-46-48-50-52-54-56-58-64(72)69-61(60-76-68-67(75)66(74)65(73)63(59-70)77-68)62(71)57-55-53-51-49-47-45-43-41-39-37-35-33-28-26-24-22-20-18-16-14-12-10-8-6-4-2/h5,7,11,13,17,19,23,25,29-30,32,34,38-41,44,46-47,49,55,57,61-63,65-68,70-71,73-75H,3-4,6,8-10,12,14-16,18,20-22,24,26-28,31,33,35-37,42-43,45,48,50-54,56,58-60H2,1-2H3,(H,69,72)/b7-5-,13-11-,19-17-,25-23-,30-29-,34-32-,40-38-,41-39+,46-44-,49-47+,57-55+. The van der Waals surface area contributed by atoms with E-state index in [2.05, 4.69) is 141 Å². The Morgan fingerprint density at radius 1 is 0.455 bits per heavy atom. The normalized spacial score (nSPS) is 19.7. The van der Waals surface area contributed by atoms with Gasteiger partial charge in [0.05, 0.1) is 25.4 Å². The molecule has 1 aliphatic heterocycles. The van der Waals surface area contributed by atoms with Crippen LogP contribution in [0.5, 0.6) is 0 Å².